The van der Waals surface area contributed by atoms with Crippen LogP contribution < -0.4 is 10.1 Å². The molecule has 1 atom stereocenters. The zero-order valence-corrected chi connectivity index (χ0v) is 26.4. The first-order valence-electron chi connectivity index (χ1n) is 16.1. The van der Waals surface area contributed by atoms with Gasteiger partial charge in [-0.2, -0.15) is 0 Å². The number of H-pyrrole nitrogens is 1. The van der Waals surface area contributed by atoms with Gasteiger partial charge in [0.15, 0.2) is 0 Å². The number of carbonyl (C=O) groups is 1. The molecule has 9 heteroatoms. The Morgan fingerprint density at radius 2 is 1.74 bits per heavy atom. The number of aromatic hydroxyl groups is 1. The molecule has 3 N–H and O–H groups in total. The van der Waals surface area contributed by atoms with E-state index in [-0.39, 0.29) is 11.7 Å². The number of carbonyl (C=O) groups excluding carboxylic acids is 1. The molecule has 2 fully saturated rings. The second-order valence-electron chi connectivity index (χ2n) is 12.6. The molecule has 1 amide bonds. The number of para-hydroxylation sites is 1. The van der Waals surface area contributed by atoms with E-state index in [1.54, 1.807) is 37.6 Å². The van der Waals surface area contributed by atoms with Gasteiger partial charge in [0.25, 0.3) is 5.91 Å². The van der Waals surface area contributed by atoms with Crippen LogP contribution in [0.4, 0.5) is 5.69 Å². The van der Waals surface area contributed by atoms with Gasteiger partial charge in [0.1, 0.15) is 11.6 Å². The molecule has 3 aromatic carbocycles. The summed E-state index contributed by atoms with van der Waals surface area (Å²) in [6.45, 7) is 9.42. The Hall–Kier alpha value is -4.73. The maximum absolute atomic E-state index is 13.2. The number of hydrogen-bond donors (Lipinski definition) is 3. The van der Waals surface area contributed by atoms with Crippen molar-refractivity contribution < 1.29 is 14.6 Å². The van der Waals surface area contributed by atoms with Gasteiger partial charge >= 0.3 is 0 Å². The minimum Gasteiger partial charge on any atom is -0.507 e. The van der Waals surface area contributed by atoms with Gasteiger partial charge in [-0.25, -0.2) is 9.97 Å². The van der Waals surface area contributed by atoms with Crippen LogP contribution in [0.5, 0.6) is 11.6 Å². The van der Waals surface area contributed by atoms with Crippen molar-refractivity contribution in [1.82, 2.24) is 24.8 Å². The summed E-state index contributed by atoms with van der Waals surface area (Å²) in [7, 11) is 1.55. The first-order valence-corrected chi connectivity index (χ1v) is 16.1. The van der Waals surface area contributed by atoms with E-state index in [1.807, 2.05) is 36.4 Å². The summed E-state index contributed by atoms with van der Waals surface area (Å²) in [5.74, 6) is 0.795. The van der Waals surface area contributed by atoms with Crippen molar-refractivity contribution in [3.8, 4) is 34.1 Å². The molecule has 46 heavy (non-hydrogen) atoms. The molecule has 0 saturated carbocycles. The standard InChI is InChI=1S/C37H40N6O3/c1-3-42-20-16-37(23-42)17-21-43(24-37)19-15-25-9-12-27(13-10-25)39-35(45)26-11-14-31-32(22-26)41-34(40-31)30-7-4-6-28(33(30)44)29-8-5-18-38-36(29)46-2/h4-14,18,22,44H,3,15-17,19-21,23-24H2,1-2H3,(H,39,45)(H,40,41)/t37-/m0/s1. The number of ether oxygens (including phenoxy) is 1. The molecule has 2 saturated heterocycles. The second kappa shape index (κ2) is 12.6. The lowest BCUT2D eigenvalue weighted by Gasteiger charge is -2.24. The molecule has 0 aliphatic carbocycles. The lowest BCUT2D eigenvalue weighted by molar-refractivity contribution is 0.102. The predicted octanol–water partition coefficient (Wildman–Crippen LogP) is 6.22. The van der Waals surface area contributed by atoms with Crippen molar-refractivity contribution in [3.63, 3.8) is 0 Å². The van der Waals surface area contributed by atoms with Crippen LogP contribution in [0.15, 0.2) is 79.0 Å². The Morgan fingerprint density at radius 1 is 0.978 bits per heavy atom. The highest BCUT2D eigenvalue weighted by Gasteiger charge is 2.42. The normalized spacial score (nSPS) is 18.5. The van der Waals surface area contributed by atoms with Crippen molar-refractivity contribution >= 4 is 22.6 Å². The largest absolute Gasteiger partial charge is 0.507 e. The van der Waals surface area contributed by atoms with Crippen LogP contribution in [-0.4, -0.2) is 82.1 Å². The molecule has 2 aromatic heterocycles. The van der Waals surface area contributed by atoms with Crippen LogP contribution in [0.3, 0.4) is 0 Å². The number of methoxy groups -OCH3 is 1. The number of fused-ring (bicyclic) bond motifs is 1. The van der Waals surface area contributed by atoms with Crippen LogP contribution >= 0.6 is 0 Å². The third-order valence-electron chi connectivity index (χ3n) is 9.70. The monoisotopic (exact) mass is 616 g/mol. The number of amides is 1. The summed E-state index contributed by atoms with van der Waals surface area (Å²) in [6.07, 6.45) is 5.30. The van der Waals surface area contributed by atoms with Crippen molar-refractivity contribution in [2.75, 3.05) is 51.7 Å². The summed E-state index contributed by atoms with van der Waals surface area (Å²) >= 11 is 0. The molecule has 2 aliphatic rings. The Morgan fingerprint density at radius 3 is 2.52 bits per heavy atom. The van der Waals surface area contributed by atoms with E-state index in [0.717, 1.165) is 25.2 Å². The zero-order valence-electron chi connectivity index (χ0n) is 26.4. The number of hydrogen-bond acceptors (Lipinski definition) is 7. The Balaban J connectivity index is 0.997. The SMILES string of the molecule is CCN1CC[C@]2(CCN(CCc3ccc(NC(=O)c4ccc5nc(-c6cccc(-c7cccnc7OC)c6O)[nH]c5c4)cc3)C2)C1. The number of nitrogens with zero attached hydrogens (tertiary/aromatic N) is 4. The van der Waals surface area contributed by atoms with Gasteiger partial charge in [-0.05, 0) is 98.4 Å². The van der Waals surface area contributed by atoms with Crippen LogP contribution in [0.2, 0.25) is 0 Å². The minimum absolute atomic E-state index is 0.0655. The van der Waals surface area contributed by atoms with Crippen molar-refractivity contribution in [3.05, 3.63) is 90.1 Å². The van der Waals surface area contributed by atoms with E-state index in [1.165, 1.54) is 44.6 Å². The fourth-order valence-electron chi connectivity index (χ4n) is 7.08. The number of aromatic nitrogens is 3. The Bertz CT molecular complexity index is 1870. The maximum Gasteiger partial charge on any atom is 0.255 e. The highest BCUT2D eigenvalue weighted by Crippen LogP contribution is 2.41. The van der Waals surface area contributed by atoms with Crippen LogP contribution in [0.25, 0.3) is 33.5 Å². The average Bonchev–Trinajstić information content (AvgIpc) is 3.82. The fourth-order valence-corrected chi connectivity index (χ4v) is 7.08. The summed E-state index contributed by atoms with van der Waals surface area (Å²) in [6, 6.07) is 22.7. The highest BCUT2D eigenvalue weighted by molar-refractivity contribution is 6.06. The van der Waals surface area contributed by atoms with E-state index in [0.29, 0.717) is 50.4 Å². The van der Waals surface area contributed by atoms with Gasteiger partial charge < -0.3 is 29.9 Å². The number of rotatable bonds is 9. The molecule has 4 heterocycles. The van der Waals surface area contributed by atoms with Gasteiger partial charge in [0.05, 0.1) is 23.7 Å². The van der Waals surface area contributed by atoms with E-state index in [9.17, 15) is 9.90 Å². The summed E-state index contributed by atoms with van der Waals surface area (Å²) in [4.78, 5) is 30.6. The molecule has 236 valence electrons. The number of imidazole rings is 1. The molecular weight excluding hydrogens is 576 g/mol. The van der Waals surface area contributed by atoms with Crippen LogP contribution in [0, 0.1) is 5.41 Å². The first kappa shape index (κ1) is 30.0. The van der Waals surface area contributed by atoms with Crippen LogP contribution in [0.1, 0.15) is 35.7 Å². The summed E-state index contributed by atoms with van der Waals surface area (Å²) in [5, 5.41) is 14.2. The van der Waals surface area contributed by atoms with E-state index in [4.69, 9.17) is 4.74 Å². The lowest BCUT2D eigenvalue weighted by atomic mass is 9.86. The third-order valence-corrected chi connectivity index (χ3v) is 9.70. The van der Waals surface area contributed by atoms with Crippen molar-refractivity contribution in [1.29, 1.82) is 0 Å². The smallest absolute Gasteiger partial charge is 0.255 e. The molecule has 2 aliphatic heterocycles. The van der Waals surface area contributed by atoms with Gasteiger partial charge in [-0.1, -0.05) is 31.2 Å². The predicted molar refractivity (Wildman–Crippen MR) is 181 cm³/mol. The second-order valence-corrected chi connectivity index (χ2v) is 12.6. The number of benzene rings is 3. The van der Waals surface area contributed by atoms with Gasteiger partial charge in [-0.3, -0.25) is 4.79 Å². The zero-order chi connectivity index (χ0) is 31.7. The quantitative estimate of drug-likeness (QED) is 0.181. The summed E-state index contributed by atoms with van der Waals surface area (Å²) in [5.41, 5.74) is 6.26. The van der Waals surface area contributed by atoms with Gasteiger partial charge in [0, 0.05) is 48.2 Å². The lowest BCUT2D eigenvalue weighted by Crippen LogP contribution is -2.31. The fraction of sp³-hybridized carbons (Fsp3) is 0.324. The molecule has 0 bridgehead atoms. The van der Waals surface area contributed by atoms with E-state index >= 15 is 0 Å². The molecule has 5 aromatic rings. The average molecular weight is 617 g/mol. The topological polar surface area (TPSA) is 107 Å². The highest BCUT2D eigenvalue weighted by atomic mass is 16.5. The number of nitrogens with one attached hydrogen (secondary N) is 2. The van der Waals surface area contributed by atoms with E-state index in [2.05, 4.69) is 49.1 Å². The van der Waals surface area contributed by atoms with Gasteiger partial charge in [0.2, 0.25) is 5.88 Å². The number of pyridine rings is 1. The van der Waals surface area contributed by atoms with Crippen LogP contribution in [-0.2, 0) is 6.42 Å². The number of phenolic OH excluding ortho intramolecular Hbond substituents is 1. The third kappa shape index (κ3) is 5.96. The van der Waals surface area contributed by atoms with E-state index < -0.39 is 0 Å². The number of anilines is 1. The molecule has 1 spiro atoms. The maximum atomic E-state index is 13.2. The van der Waals surface area contributed by atoms with Gasteiger partial charge in [-0.15, -0.1) is 0 Å². The Labute approximate surface area is 269 Å². The summed E-state index contributed by atoms with van der Waals surface area (Å²) < 4.78 is 5.40. The molecular formula is C37H40N6O3. The molecule has 7 rings (SSSR count). The minimum atomic E-state index is -0.195. The van der Waals surface area contributed by atoms with Crippen molar-refractivity contribution in [2.45, 2.75) is 26.2 Å². The van der Waals surface area contributed by atoms with Crippen molar-refractivity contribution in [2.24, 2.45) is 5.41 Å². The first-order chi connectivity index (χ1) is 22.4. The number of phenols is 1. The molecule has 9 nitrogen and oxygen atoms in total. The molecule has 0 unspecified atom stereocenters. The Kier molecular flexibility index (Phi) is 8.19. The number of likely N-dealkylation sites (tertiary alicyclic amines) is 2. The number of aromatic amines is 1. The molecule has 0 radical (unpaired) electrons.